The van der Waals surface area contributed by atoms with Crippen LogP contribution < -0.4 is 10.6 Å². The predicted octanol–water partition coefficient (Wildman–Crippen LogP) is 0.987. The molecule has 1 aromatic carbocycles. The molecule has 0 radical (unpaired) electrons. The van der Waals surface area contributed by atoms with Crippen LogP contribution in [0.1, 0.15) is 5.56 Å². The maximum Gasteiger partial charge on any atom is 0.0836 e. The molecule has 1 atom stereocenters. The molecule has 0 aliphatic carbocycles. The second kappa shape index (κ2) is 5.62. The SMILES string of the molecule is CNCC(O)CNc1ccc(C)cc1. The number of anilines is 1. The quantitative estimate of drug-likeness (QED) is 0.655. The van der Waals surface area contributed by atoms with Crippen molar-refractivity contribution in [3.8, 4) is 0 Å². The number of benzene rings is 1. The molecule has 0 aromatic heterocycles. The summed E-state index contributed by atoms with van der Waals surface area (Å²) in [5.41, 5.74) is 2.29. The van der Waals surface area contributed by atoms with Crippen LogP contribution in [0.15, 0.2) is 24.3 Å². The Morgan fingerprint density at radius 2 is 1.86 bits per heavy atom. The highest BCUT2D eigenvalue weighted by Crippen LogP contribution is 2.07. The number of rotatable bonds is 5. The standard InChI is InChI=1S/C11H18N2O/c1-9-3-5-10(6-4-9)13-8-11(14)7-12-2/h3-6,11-14H,7-8H2,1-2H3. The van der Waals surface area contributed by atoms with Gasteiger partial charge in [0.05, 0.1) is 6.10 Å². The minimum Gasteiger partial charge on any atom is -0.390 e. The van der Waals surface area contributed by atoms with E-state index in [2.05, 4.69) is 17.6 Å². The van der Waals surface area contributed by atoms with Gasteiger partial charge in [0.2, 0.25) is 0 Å². The van der Waals surface area contributed by atoms with Gasteiger partial charge in [0, 0.05) is 18.8 Å². The monoisotopic (exact) mass is 194 g/mol. The summed E-state index contributed by atoms with van der Waals surface area (Å²) in [6, 6.07) is 8.13. The van der Waals surface area contributed by atoms with E-state index in [0.29, 0.717) is 13.1 Å². The molecule has 1 aromatic rings. The first-order chi connectivity index (χ1) is 6.72. The first-order valence-corrected chi connectivity index (χ1v) is 4.85. The second-order valence-electron chi connectivity index (χ2n) is 3.46. The van der Waals surface area contributed by atoms with Crippen molar-refractivity contribution < 1.29 is 5.11 Å². The van der Waals surface area contributed by atoms with Crippen molar-refractivity contribution >= 4 is 5.69 Å². The van der Waals surface area contributed by atoms with E-state index in [0.717, 1.165) is 5.69 Å². The van der Waals surface area contributed by atoms with Gasteiger partial charge in [0.1, 0.15) is 0 Å². The normalized spacial score (nSPS) is 12.5. The smallest absolute Gasteiger partial charge is 0.0836 e. The number of hydrogen-bond acceptors (Lipinski definition) is 3. The molecular formula is C11H18N2O. The first kappa shape index (κ1) is 11.0. The fourth-order valence-corrected chi connectivity index (χ4v) is 1.21. The van der Waals surface area contributed by atoms with Crippen LogP contribution in [0.25, 0.3) is 0 Å². The highest BCUT2D eigenvalue weighted by molar-refractivity contribution is 5.44. The third-order valence-electron chi connectivity index (χ3n) is 2.03. The number of likely N-dealkylation sites (N-methyl/N-ethyl adjacent to an activating group) is 1. The number of aryl methyl sites for hydroxylation is 1. The molecule has 3 nitrogen and oxygen atoms in total. The number of aliphatic hydroxyl groups is 1. The lowest BCUT2D eigenvalue weighted by atomic mass is 10.2. The Bertz CT molecular complexity index is 258. The molecule has 14 heavy (non-hydrogen) atoms. The minimum absolute atomic E-state index is 0.346. The average Bonchev–Trinajstić information content (AvgIpc) is 2.17. The lowest BCUT2D eigenvalue weighted by Gasteiger charge is -2.12. The molecule has 0 fully saturated rings. The van der Waals surface area contributed by atoms with Crippen LogP contribution >= 0.6 is 0 Å². The van der Waals surface area contributed by atoms with Gasteiger partial charge in [-0.2, -0.15) is 0 Å². The zero-order chi connectivity index (χ0) is 10.4. The number of aliphatic hydroxyl groups excluding tert-OH is 1. The average molecular weight is 194 g/mol. The van der Waals surface area contributed by atoms with E-state index in [-0.39, 0.29) is 6.10 Å². The van der Waals surface area contributed by atoms with Crippen LogP contribution in [0, 0.1) is 6.92 Å². The maximum atomic E-state index is 9.44. The van der Waals surface area contributed by atoms with Gasteiger partial charge in [-0.05, 0) is 26.1 Å². The van der Waals surface area contributed by atoms with E-state index < -0.39 is 0 Å². The summed E-state index contributed by atoms with van der Waals surface area (Å²) in [4.78, 5) is 0. The predicted molar refractivity (Wildman–Crippen MR) is 59.6 cm³/mol. The van der Waals surface area contributed by atoms with Crippen LogP contribution in [-0.2, 0) is 0 Å². The van der Waals surface area contributed by atoms with Gasteiger partial charge in [-0.15, -0.1) is 0 Å². The summed E-state index contributed by atoms with van der Waals surface area (Å²) < 4.78 is 0. The van der Waals surface area contributed by atoms with Gasteiger partial charge in [0.15, 0.2) is 0 Å². The highest BCUT2D eigenvalue weighted by Gasteiger charge is 2.00. The largest absolute Gasteiger partial charge is 0.390 e. The van der Waals surface area contributed by atoms with Crippen molar-refractivity contribution in [1.82, 2.24) is 5.32 Å². The Balaban J connectivity index is 2.34. The summed E-state index contributed by atoms with van der Waals surface area (Å²) in [6.07, 6.45) is -0.346. The lowest BCUT2D eigenvalue weighted by Crippen LogP contribution is -2.30. The van der Waals surface area contributed by atoms with E-state index in [1.54, 1.807) is 0 Å². The van der Waals surface area contributed by atoms with Crippen molar-refractivity contribution in [2.45, 2.75) is 13.0 Å². The van der Waals surface area contributed by atoms with Crippen LogP contribution in [0.2, 0.25) is 0 Å². The molecule has 0 amide bonds. The van der Waals surface area contributed by atoms with Gasteiger partial charge in [-0.3, -0.25) is 0 Å². The van der Waals surface area contributed by atoms with E-state index in [4.69, 9.17) is 0 Å². The van der Waals surface area contributed by atoms with Crippen LogP contribution in [0.3, 0.4) is 0 Å². The van der Waals surface area contributed by atoms with Gasteiger partial charge >= 0.3 is 0 Å². The molecule has 0 saturated heterocycles. The molecule has 3 N–H and O–H groups in total. The second-order valence-corrected chi connectivity index (χ2v) is 3.46. The van der Waals surface area contributed by atoms with Crippen molar-refractivity contribution in [2.75, 3.05) is 25.5 Å². The maximum absolute atomic E-state index is 9.44. The molecule has 0 aliphatic rings. The minimum atomic E-state index is -0.346. The molecule has 0 spiro atoms. The summed E-state index contributed by atoms with van der Waals surface area (Å²) in [6.45, 7) is 3.24. The molecule has 0 aliphatic heterocycles. The summed E-state index contributed by atoms with van der Waals surface area (Å²) in [5.74, 6) is 0. The van der Waals surface area contributed by atoms with Gasteiger partial charge in [-0.1, -0.05) is 17.7 Å². The molecule has 1 rings (SSSR count). The third-order valence-corrected chi connectivity index (χ3v) is 2.03. The Kier molecular flexibility index (Phi) is 4.43. The van der Waals surface area contributed by atoms with Gasteiger partial charge < -0.3 is 15.7 Å². The summed E-state index contributed by atoms with van der Waals surface area (Å²) in [7, 11) is 1.83. The molecular weight excluding hydrogens is 176 g/mol. The van der Waals surface area contributed by atoms with E-state index in [1.807, 2.05) is 31.3 Å². The first-order valence-electron chi connectivity index (χ1n) is 4.85. The topological polar surface area (TPSA) is 44.3 Å². The Hall–Kier alpha value is -1.06. The lowest BCUT2D eigenvalue weighted by molar-refractivity contribution is 0.187. The van der Waals surface area contributed by atoms with E-state index in [9.17, 15) is 5.11 Å². The van der Waals surface area contributed by atoms with E-state index in [1.165, 1.54) is 5.56 Å². The molecule has 0 bridgehead atoms. The Labute approximate surface area is 85.2 Å². The van der Waals surface area contributed by atoms with Crippen LogP contribution in [-0.4, -0.2) is 31.3 Å². The Morgan fingerprint density at radius 1 is 1.21 bits per heavy atom. The fourth-order valence-electron chi connectivity index (χ4n) is 1.21. The third kappa shape index (κ3) is 3.77. The van der Waals surface area contributed by atoms with E-state index >= 15 is 0 Å². The highest BCUT2D eigenvalue weighted by atomic mass is 16.3. The fraction of sp³-hybridized carbons (Fsp3) is 0.455. The van der Waals surface area contributed by atoms with Crippen molar-refractivity contribution in [3.63, 3.8) is 0 Å². The van der Waals surface area contributed by atoms with Crippen LogP contribution in [0.4, 0.5) is 5.69 Å². The van der Waals surface area contributed by atoms with Crippen molar-refractivity contribution in [3.05, 3.63) is 29.8 Å². The van der Waals surface area contributed by atoms with Gasteiger partial charge in [-0.25, -0.2) is 0 Å². The van der Waals surface area contributed by atoms with Gasteiger partial charge in [0.25, 0.3) is 0 Å². The molecule has 3 heteroatoms. The van der Waals surface area contributed by atoms with Crippen molar-refractivity contribution in [2.24, 2.45) is 0 Å². The number of hydrogen-bond donors (Lipinski definition) is 3. The zero-order valence-corrected chi connectivity index (χ0v) is 8.75. The molecule has 78 valence electrons. The zero-order valence-electron chi connectivity index (χ0n) is 8.75. The molecule has 0 saturated carbocycles. The number of nitrogens with one attached hydrogen (secondary N) is 2. The molecule has 0 heterocycles. The van der Waals surface area contributed by atoms with Crippen LogP contribution in [0.5, 0.6) is 0 Å². The Morgan fingerprint density at radius 3 is 2.43 bits per heavy atom. The van der Waals surface area contributed by atoms with Crippen molar-refractivity contribution in [1.29, 1.82) is 0 Å². The summed E-state index contributed by atoms with van der Waals surface area (Å²) in [5, 5.41) is 15.5. The molecule has 1 unspecified atom stereocenters. The summed E-state index contributed by atoms with van der Waals surface area (Å²) >= 11 is 0.